The summed E-state index contributed by atoms with van der Waals surface area (Å²) < 4.78 is 0. The van der Waals surface area contributed by atoms with Crippen molar-refractivity contribution in [1.82, 2.24) is 0 Å². The summed E-state index contributed by atoms with van der Waals surface area (Å²) in [4.78, 5) is 18.4. The van der Waals surface area contributed by atoms with Crippen LogP contribution in [0.3, 0.4) is 0 Å². The van der Waals surface area contributed by atoms with Crippen molar-refractivity contribution in [3.63, 3.8) is 0 Å². The van der Waals surface area contributed by atoms with Gasteiger partial charge in [-0.1, -0.05) is 66.1 Å². The summed E-state index contributed by atoms with van der Waals surface area (Å²) >= 11 is 6.19. The second-order valence-electron chi connectivity index (χ2n) is 4.83. The van der Waals surface area contributed by atoms with Crippen LogP contribution in [-0.2, 0) is 4.79 Å². The molecule has 4 heteroatoms. The number of anilines is 1. The Kier molecular flexibility index (Phi) is 3.95. The number of carbonyl (C=O) groups excluding carboxylic acids is 1. The summed E-state index contributed by atoms with van der Waals surface area (Å²) in [6.45, 7) is 0.163. The number of carbonyl (C=O) groups is 1. The summed E-state index contributed by atoms with van der Waals surface area (Å²) in [6, 6.07) is 17.2. The van der Waals surface area contributed by atoms with E-state index in [0.717, 1.165) is 16.8 Å². The monoisotopic (exact) mass is 308 g/mol. The highest BCUT2D eigenvalue weighted by Gasteiger charge is 2.30. The van der Waals surface area contributed by atoms with Crippen LogP contribution in [0, 0.1) is 12.3 Å². The predicted molar refractivity (Wildman–Crippen MR) is 89.4 cm³/mol. The smallest absolute Gasteiger partial charge is 0.268 e. The molecule has 1 heterocycles. The van der Waals surface area contributed by atoms with E-state index in [0.29, 0.717) is 5.71 Å². The maximum Gasteiger partial charge on any atom is 0.268 e. The Hall–Kier alpha value is -2.57. The van der Waals surface area contributed by atoms with Gasteiger partial charge in [-0.15, -0.1) is 6.42 Å². The van der Waals surface area contributed by atoms with E-state index in [1.165, 1.54) is 4.90 Å². The van der Waals surface area contributed by atoms with Crippen molar-refractivity contribution in [2.45, 2.75) is 5.50 Å². The standard InChI is InChI=1S/C18H13ClN2O/c1-2-12-21-15-11-7-6-10-14(15)16(20-17(19)18(21)22)13-8-4-3-5-9-13/h1,3-11,17H,12H2. The number of benzodiazepines with no additional fused rings is 1. The molecular weight excluding hydrogens is 296 g/mol. The highest BCUT2D eigenvalue weighted by Crippen LogP contribution is 2.29. The van der Waals surface area contributed by atoms with Gasteiger partial charge in [-0.05, 0) is 6.07 Å². The van der Waals surface area contributed by atoms with Crippen LogP contribution in [0.2, 0.25) is 0 Å². The van der Waals surface area contributed by atoms with Crippen LogP contribution in [0.25, 0.3) is 0 Å². The lowest BCUT2D eigenvalue weighted by Gasteiger charge is -2.21. The minimum absolute atomic E-state index is 0.163. The Bertz CT molecular complexity index is 777. The Balaban J connectivity index is 2.22. The molecule has 3 rings (SSSR count). The van der Waals surface area contributed by atoms with Gasteiger partial charge in [0.25, 0.3) is 5.91 Å². The van der Waals surface area contributed by atoms with Gasteiger partial charge < -0.3 is 0 Å². The molecular formula is C18H13ClN2O. The number of hydrogen-bond donors (Lipinski definition) is 0. The van der Waals surface area contributed by atoms with Crippen LogP contribution >= 0.6 is 11.6 Å². The van der Waals surface area contributed by atoms with Crippen molar-refractivity contribution in [1.29, 1.82) is 0 Å². The molecule has 0 radical (unpaired) electrons. The van der Waals surface area contributed by atoms with E-state index >= 15 is 0 Å². The van der Waals surface area contributed by atoms with Crippen LogP contribution in [0.5, 0.6) is 0 Å². The van der Waals surface area contributed by atoms with Gasteiger partial charge in [0.15, 0.2) is 0 Å². The number of amides is 1. The van der Waals surface area contributed by atoms with Gasteiger partial charge in [0, 0.05) is 11.1 Å². The maximum absolute atomic E-state index is 12.5. The highest BCUT2D eigenvalue weighted by molar-refractivity contribution is 6.35. The van der Waals surface area contributed by atoms with Crippen LogP contribution in [-0.4, -0.2) is 23.7 Å². The summed E-state index contributed by atoms with van der Waals surface area (Å²) in [5.41, 5.74) is 2.20. The zero-order chi connectivity index (χ0) is 15.5. The molecule has 22 heavy (non-hydrogen) atoms. The van der Waals surface area contributed by atoms with Crippen LogP contribution in [0.1, 0.15) is 11.1 Å². The lowest BCUT2D eigenvalue weighted by molar-refractivity contribution is -0.118. The van der Waals surface area contributed by atoms with E-state index in [-0.39, 0.29) is 12.5 Å². The molecule has 1 unspecified atom stereocenters. The fraction of sp³-hybridized carbons (Fsp3) is 0.111. The number of hydrogen-bond acceptors (Lipinski definition) is 2. The predicted octanol–water partition coefficient (Wildman–Crippen LogP) is 3.07. The first-order valence-corrected chi connectivity index (χ1v) is 7.27. The Labute approximate surface area is 134 Å². The summed E-state index contributed by atoms with van der Waals surface area (Å²) in [7, 11) is 0. The molecule has 0 saturated carbocycles. The topological polar surface area (TPSA) is 32.7 Å². The van der Waals surface area contributed by atoms with Crippen molar-refractivity contribution >= 4 is 28.9 Å². The molecule has 1 aliphatic heterocycles. The molecule has 0 fully saturated rings. The lowest BCUT2D eigenvalue weighted by atomic mass is 10.0. The molecule has 0 saturated heterocycles. The van der Waals surface area contributed by atoms with Crippen LogP contribution < -0.4 is 4.90 Å². The van der Waals surface area contributed by atoms with E-state index in [2.05, 4.69) is 10.9 Å². The Morgan fingerprint density at radius 1 is 1.14 bits per heavy atom. The second-order valence-corrected chi connectivity index (χ2v) is 5.24. The molecule has 0 aromatic heterocycles. The van der Waals surface area contributed by atoms with E-state index in [1.807, 2.05) is 54.6 Å². The van der Waals surface area contributed by atoms with Crippen LogP contribution in [0.15, 0.2) is 59.6 Å². The second kappa shape index (κ2) is 6.05. The SMILES string of the molecule is C#CCN1C(=O)C(Cl)N=C(c2ccccc2)c2ccccc21. The Morgan fingerprint density at radius 3 is 2.55 bits per heavy atom. The van der Waals surface area contributed by atoms with Gasteiger partial charge in [-0.2, -0.15) is 0 Å². The molecule has 0 bridgehead atoms. The molecule has 2 aromatic rings. The zero-order valence-corrected chi connectivity index (χ0v) is 12.5. The molecule has 0 spiro atoms. The number of terminal acetylenes is 1. The molecule has 1 aliphatic rings. The minimum Gasteiger partial charge on any atom is -0.297 e. The molecule has 108 valence electrons. The van der Waals surface area contributed by atoms with Crippen molar-refractivity contribution < 1.29 is 4.79 Å². The molecule has 1 amide bonds. The number of para-hydroxylation sites is 1. The normalized spacial score (nSPS) is 17.3. The lowest BCUT2D eigenvalue weighted by Crippen LogP contribution is -2.35. The number of benzene rings is 2. The fourth-order valence-corrected chi connectivity index (χ4v) is 2.69. The van der Waals surface area contributed by atoms with Gasteiger partial charge in [0.1, 0.15) is 0 Å². The summed E-state index contributed by atoms with van der Waals surface area (Å²) in [5, 5.41) is 0. The first-order valence-electron chi connectivity index (χ1n) is 6.84. The van der Waals surface area contributed by atoms with Gasteiger partial charge in [0.2, 0.25) is 5.50 Å². The molecule has 1 atom stereocenters. The first-order chi connectivity index (χ1) is 10.7. The summed E-state index contributed by atoms with van der Waals surface area (Å²) in [6.07, 6.45) is 5.40. The fourth-order valence-electron chi connectivity index (χ4n) is 2.48. The largest absolute Gasteiger partial charge is 0.297 e. The maximum atomic E-state index is 12.5. The highest BCUT2D eigenvalue weighted by atomic mass is 35.5. The third kappa shape index (κ3) is 2.49. The van der Waals surface area contributed by atoms with Crippen molar-refractivity contribution in [2.75, 3.05) is 11.4 Å². The molecule has 2 aromatic carbocycles. The summed E-state index contributed by atoms with van der Waals surface area (Å²) in [5.74, 6) is 2.20. The number of fused-ring (bicyclic) bond motifs is 1. The average Bonchev–Trinajstić information content (AvgIpc) is 2.67. The molecule has 0 N–H and O–H groups in total. The number of alkyl halides is 1. The number of aliphatic imine (C=N–C) groups is 1. The Morgan fingerprint density at radius 2 is 1.82 bits per heavy atom. The number of nitrogens with zero attached hydrogens (tertiary/aromatic N) is 2. The minimum atomic E-state index is -0.990. The third-order valence-electron chi connectivity index (χ3n) is 3.46. The van der Waals surface area contributed by atoms with E-state index < -0.39 is 5.50 Å². The quantitative estimate of drug-likeness (QED) is 0.477. The van der Waals surface area contributed by atoms with Gasteiger partial charge in [-0.3, -0.25) is 14.7 Å². The molecule has 3 nitrogen and oxygen atoms in total. The van der Waals surface area contributed by atoms with Gasteiger partial charge in [-0.25, -0.2) is 0 Å². The first kappa shape index (κ1) is 14.4. The zero-order valence-electron chi connectivity index (χ0n) is 11.7. The molecule has 0 aliphatic carbocycles. The van der Waals surface area contributed by atoms with Crippen LogP contribution in [0.4, 0.5) is 5.69 Å². The van der Waals surface area contributed by atoms with Crippen molar-refractivity contribution in [2.24, 2.45) is 4.99 Å². The van der Waals surface area contributed by atoms with Gasteiger partial charge >= 0.3 is 0 Å². The van der Waals surface area contributed by atoms with E-state index in [9.17, 15) is 4.79 Å². The van der Waals surface area contributed by atoms with Crippen molar-refractivity contribution in [3.8, 4) is 12.3 Å². The van der Waals surface area contributed by atoms with Crippen molar-refractivity contribution in [3.05, 3.63) is 65.7 Å². The number of rotatable bonds is 2. The van der Waals surface area contributed by atoms with E-state index in [4.69, 9.17) is 18.0 Å². The average molecular weight is 309 g/mol. The van der Waals surface area contributed by atoms with E-state index in [1.54, 1.807) is 0 Å². The third-order valence-corrected chi connectivity index (χ3v) is 3.74. The number of halogens is 1. The van der Waals surface area contributed by atoms with Gasteiger partial charge in [0.05, 0.1) is 17.9 Å².